The van der Waals surface area contributed by atoms with E-state index in [0.29, 0.717) is 18.5 Å². The molecule has 1 aliphatic rings. The van der Waals surface area contributed by atoms with Crippen molar-refractivity contribution in [3.63, 3.8) is 0 Å². The minimum atomic E-state index is 0.378. The highest BCUT2D eigenvalue weighted by molar-refractivity contribution is 5.50. The van der Waals surface area contributed by atoms with Crippen molar-refractivity contribution in [3.05, 3.63) is 24.3 Å². The van der Waals surface area contributed by atoms with E-state index >= 15 is 0 Å². The molecule has 2 unspecified atom stereocenters. The van der Waals surface area contributed by atoms with E-state index < -0.39 is 0 Å². The Balaban J connectivity index is 2.22. The zero-order valence-electron chi connectivity index (χ0n) is 12.2. The van der Waals surface area contributed by atoms with Gasteiger partial charge < -0.3 is 20.3 Å². The number of nitrogens with zero attached hydrogens (tertiary/aromatic N) is 2. The average Bonchev–Trinajstić information content (AvgIpc) is 2.56. The van der Waals surface area contributed by atoms with Crippen LogP contribution in [0.1, 0.15) is 6.92 Å². The number of rotatable bonds is 3. The number of benzene rings is 1. The van der Waals surface area contributed by atoms with Crippen molar-refractivity contribution in [3.8, 4) is 5.75 Å². The monoisotopic (exact) mass is 263 g/mol. The summed E-state index contributed by atoms with van der Waals surface area (Å²) >= 11 is 0. The van der Waals surface area contributed by atoms with Gasteiger partial charge in [-0.15, -0.1) is 0 Å². The van der Waals surface area contributed by atoms with Crippen LogP contribution in [-0.4, -0.2) is 51.3 Å². The standard InChI is InChI=1S/C15H25N3O/c1-12-9-17(2)11-14(8-16)18(10-12)13-4-6-15(19-3)7-5-13/h4-7,12,14H,8-11,16H2,1-3H3. The van der Waals surface area contributed by atoms with Gasteiger partial charge in [0.15, 0.2) is 0 Å². The van der Waals surface area contributed by atoms with Crippen LogP contribution in [0.2, 0.25) is 0 Å². The van der Waals surface area contributed by atoms with Crippen LogP contribution < -0.4 is 15.4 Å². The van der Waals surface area contributed by atoms with Crippen LogP contribution in [0.25, 0.3) is 0 Å². The molecule has 0 aromatic heterocycles. The fourth-order valence-corrected chi connectivity index (χ4v) is 2.90. The molecule has 1 heterocycles. The van der Waals surface area contributed by atoms with E-state index in [-0.39, 0.29) is 0 Å². The molecule has 1 aliphatic heterocycles. The van der Waals surface area contributed by atoms with Crippen LogP contribution in [0.3, 0.4) is 0 Å². The number of hydrogen-bond donors (Lipinski definition) is 1. The molecule has 0 radical (unpaired) electrons. The van der Waals surface area contributed by atoms with Gasteiger partial charge in [-0.05, 0) is 37.2 Å². The van der Waals surface area contributed by atoms with Gasteiger partial charge in [0.1, 0.15) is 5.75 Å². The summed E-state index contributed by atoms with van der Waals surface area (Å²) in [5.41, 5.74) is 7.21. The van der Waals surface area contributed by atoms with E-state index in [0.717, 1.165) is 25.4 Å². The van der Waals surface area contributed by atoms with Gasteiger partial charge in [0.05, 0.1) is 13.2 Å². The van der Waals surface area contributed by atoms with E-state index in [1.54, 1.807) is 7.11 Å². The summed E-state index contributed by atoms with van der Waals surface area (Å²) in [5.74, 6) is 1.54. The summed E-state index contributed by atoms with van der Waals surface area (Å²) in [6, 6.07) is 8.66. The molecule has 1 aromatic carbocycles. The van der Waals surface area contributed by atoms with Crippen LogP contribution in [0, 0.1) is 5.92 Å². The van der Waals surface area contributed by atoms with Gasteiger partial charge in [-0.3, -0.25) is 0 Å². The lowest BCUT2D eigenvalue weighted by Gasteiger charge is -2.32. The lowest BCUT2D eigenvalue weighted by molar-refractivity contribution is 0.304. The summed E-state index contributed by atoms with van der Waals surface area (Å²) in [6.07, 6.45) is 0. The normalized spacial score (nSPS) is 25.2. The quantitative estimate of drug-likeness (QED) is 0.895. The van der Waals surface area contributed by atoms with Crippen molar-refractivity contribution in [2.24, 2.45) is 11.7 Å². The number of hydrogen-bond acceptors (Lipinski definition) is 4. The molecule has 0 aliphatic carbocycles. The molecule has 1 fully saturated rings. The molecular weight excluding hydrogens is 238 g/mol. The molecule has 0 bridgehead atoms. The number of likely N-dealkylation sites (N-methyl/N-ethyl adjacent to an activating group) is 1. The molecule has 106 valence electrons. The number of methoxy groups -OCH3 is 1. The van der Waals surface area contributed by atoms with E-state index in [1.807, 2.05) is 12.1 Å². The maximum atomic E-state index is 5.97. The Labute approximate surface area is 116 Å². The predicted molar refractivity (Wildman–Crippen MR) is 79.8 cm³/mol. The molecule has 19 heavy (non-hydrogen) atoms. The van der Waals surface area contributed by atoms with Gasteiger partial charge in [-0.1, -0.05) is 6.92 Å². The van der Waals surface area contributed by atoms with Gasteiger partial charge in [0.2, 0.25) is 0 Å². The first-order valence-electron chi connectivity index (χ1n) is 6.93. The van der Waals surface area contributed by atoms with Crippen LogP contribution in [0.4, 0.5) is 5.69 Å². The predicted octanol–water partition coefficient (Wildman–Crippen LogP) is 1.41. The van der Waals surface area contributed by atoms with Gasteiger partial charge in [-0.2, -0.15) is 0 Å². The van der Waals surface area contributed by atoms with Crippen LogP contribution in [0.15, 0.2) is 24.3 Å². The molecule has 4 nitrogen and oxygen atoms in total. The fraction of sp³-hybridized carbons (Fsp3) is 0.600. The van der Waals surface area contributed by atoms with Crippen molar-refractivity contribution in [1.29, 1.82) is 0 Å². The second-order valence-corrected chi connectivity index (χ2v) is 5.57. The first-order chi connectivity index (χ1) is 9.13. The topological polar surface area (TPSA) is 41.7 Å². The summed E-state index contributed by atoms with van der Waals surface area (Å²) in [6.45, 7) is 6.18. The highest BCUT2D eigenvalue weighted by atomic mass is 16.5. The Bertz CT molecular complexity index is 393. The van der Waals surface area contributed by atoms with E-state index in [9.17, 15) is 0 Å². The Hall–Kier alpha value is -1.26. The Morgan fingerprint density at radius 2 is 1.89 bits per heavy atom. The molecule has 0 amide bonds. The third-order valence-electron chi connectivity index (χ3n) is 3.77. The number of anilines is 1. The summed E-state index contributed by atoms with van der Waals surface area (Å²) in [5, 5.41) is 0. The molecule has 2 rings (SSSR count). The zero-order chi connectivity index (χ0) is 13.8. The third kappa shape index (κ3) is 3.39. The lowest BCUT2D eigenvalue weighted by Crippen LogP contribution is -2.45. The van der Waals surface area contributed by atoms with Gasteiger partial charge in [0, 0.05) is 31.9 Å². The first-order valence-corrected chi connectivity index (χ1v) is 6.93. The largest absolute Gasteiger partial charge is 0.497 e. The number of ether oxygens (including phenoxy) is 1. The van der Waals surface area contributed by atoms with E-state index in [1.165, 1.54) is 5.69 Å². The van der Waals surface area contributed by atoms with Crippen LogP contribution >= 0.6 is 0 Å². The Morgan fingerprint density at radius 3 is 2.47 bits per heavy atom. The molecular formula is C15H25N3O. The lowest BCUT2D eigenvalue weighted by atomic mass is 10.1. The molecule has 1 aromatic rings. The Kier molecular flexibility index (Phi) is 4.66. The summed E-state index contributed by atoms with van der Waals surface area (Å²) in [7, 11) is 3.87. The van der Waals surface area contributed by atoms with Crippen molar-refractivity contribution in [2.45, 2.75) is 13.0 Å². The third-order valence-corrected chi connectivity index (χ3v) is 3.77. The summed E-state index contributed by atoms with van der Waals surface area (Å²) < 4.78 is 5.22. The minimum Gasteiger partial charge on any atom is -0.497 e. The molecule has 4 heteroatoms. The van der Waals surface area contributed by atoms with Crippen molar-refractivity contribution in [1.82, 2.24) is 4.90 Å². The summed E-state index contributed by atoms with van der Waals surface area (Å²) in [4.78, 5) is 4.82. The van der Waals surface area contributed by atoms with Crippen LogP contribution in [-0.2, 0) is 0 Å². The second kappa shape index (κ2) is 6.26. The smallest absolute Gasteiger partial charge is 0.119 e. The second-order valence-electron chi connectivity index (χ2n) is 5.57. The van der Waals surface area contributed by atoms with Gasteiger partial charge >= 0.3 is 0 Å². The highest BCUT2D eigenvalue weighted by Crippen LogP contribution is 2.24. The SMILES string of the molecule is COc1ccc(N2CC(C)CN(C)CC2CN)cc1. The maximum absolute atomic E-state index is 5.97. The highest BCUT2D eigenvalue weighted by Gasteiger charge is 2.25. The van der Waals surface area contributed by atoms with Crippen molar-refractivity contribution < 1.29 is 4.74 Å². The average molecular weight is 263 g/mol. The fourth-order valence-electron chi connectivity index (χ4n) is 2.90. The molecule has 1 saturated heterocycles. The van der Waals surface area contributed by atoms with Gasteiger partial charge in [0.25, 0.3) is 0 Å². The van der Waals surface area contributed by atoms with Gasteiger partial charge in [-0.25, -0.2) is 0 Å². The number of nitrogens with two attached hydrogens (primary N) is 1. The molecule has 2 atom stereocenters. The molecule has 0 spiro atoms. The van der Waals surface area contributed by atoms with E-state index in [2.05, 4.69) is 35.9 Å². The maximum Gasteiger partial charge on any atom is 0.119 e. The van der Waals surface area contributed by atoms with Crippen molar-refractivity contribution in [2.75, 3.05) is 45.2 Å². The first kappa shape index (κ1) is 14.2. The minimum absolute atomic E-state index is 0.378. The zero-order valence-corrected chi connectivity index (χ0v) is 12.2. The molecule has 2 N–H and O–H groups in total. The van der Waals surface area contributed by atoms with Crippen molar-refractivity contribution >= 4 is 5.69 Å². The molecule has 0 saturated carbocycles. The van der Waals surface area contributed by atoms with Crippen LogP contribution in [0.5, 0.6) is 5.75 Å². The Morgan fingerprint density at radius 1 is 1.21 bits per heavy atom. The van der Waals surface area contributed by atoms with E-state index in [4.69, 9.17) is 10.5 Å².